The van der Waals surface area contributed by atoms with Crippen LogP contribution in [-0.2, 0) is 50.7 Å². The fraction of sp³-hybridized carbons (Fsp3) is 0.676. The Morgan fingerprint density at radius 2 is 1.60 bits per heavy atom. The molecule has 368 valence electrons. The van der Waals surface area contributed by atoms with Gasteiger partial charge in [-0.3, -0.25) is 32.5 Å². The highest BCUT2D eigenvalue weighted by Gasteiger charge is 2.50. The van der Waals surface area contributed by atoms with E-state index in [0.29, 0.717) is 5.75 Å². The number of hydrogen-bond donors (Lipinski definition) is 9. The molecule has 28 heteroatoms. The lowest BCUT2D eigenvalue weighted by Crippen LogP contribution is -2.46. The number of unbranched alkanes of at least 4 members (excludes halogenated alkanes) is 8. The molecule has 1 aliphatic rings. The number of amides is 2. The number of rotatable bonds is 31. The molecule has 24 nitrogen and oxygen atoms in total. The highest BCUT2D eigenvalue weighted by molar-refractivity contribution is 8.14. The summed E-state index contributed by atoms with van der Waals surface area (Å²) in [6.45, 7) is 2.71. The van der Waals surface area contributed by atoms with Crippen molar-refractivity contribution < 1.29 is 80.5 Å². The molecule has 0 saturated carbocycles. The van der Waals surface area contributed by atoms with Crippen molar-refractivity contribution in [2.24, 2.45) is 5.41 Å². The lowest BCUT2D eigenvalue weighted by atomic mass is 9.87. The average molecular weight is 1000 g/mol. The standard InChI is InChI=1S/C37H62N7O17P3S/c1-4-5-6-7-8-9-10-11-12-13-14-15-16-17-28(46)65-21-20-39-27(45)18-19-40-35(49)32(48)37(2,3)23-58-64(55,56)61-63(53,54)57-22-26-31(60-62(50,51)52)30(47)36(59-26)44-25-43-29-33(38)41-24-42-34(29)44/h11-12,16-17,24-26,30-32,36,47-48H,4-10,13-15,18-23H2,1-3H3,(H,39,45)(H,40,49)(H,53,54)(H,55,56)(H2,38,41,42)(H2,50,51,52)/b12-11-,17-16+/t26-,30-,31-,32+,36-/m1/s1. The first-order chi connectivity index (χ1) is 30.6. The first-order valence-electron chi connectivity index (χ1n) is 20.9. The van der Waals surface area contributed by atoms with E-state index in [1.807, 2.05) is 6.08 Å². The van der Waals surface area contributed by atoms with Gasteiger partial charge in [0.1, 0.15) is 36.3 Å². The molecule has 1 saturated heterocycles. The number of hydrogen-bond acceptors (Lipinski definition) is 18. The van der Waals surface area contributed by atoms with Crippen LogP contribution in [0.1, 0.15) is 97.6 Å². The molecule has 7 atom stereocenters. The van der Waals surface area contributed by atoms with E-state index < -0.39 is 84.6 Å². The first kappa shape index (κ1) is 56.4. The molecule has 0 spiro atoms. The largest absolute Gasteiger partial charge is 0.481 e. The Morgan fingerprint density at radius 1 is 0.938 bits per heavy atom. The number of anilines is 1. The Bertz CT molecular complexity index is 2050. The Labute approximate surface area is 381 Å². The van der Waals surface area contributed by atoms with Gasteiger partial charge in [0.15, 0.2) is 17.7 Å². The number of aliphatic hydroxyl groups is 2. The van der Waals surface area contributed by atoms with Crippen LogP contribution in [0, 0.1) is 5.41 Å². The van der Waals surface area contributed by atoms with E-state index in [1.165, 1.54) is 58.4 Å². The van der Waals surface area contributed by atoms with Gasteiger partial charge < -0.3 is 50.9 Å². The smallest absolute Gasteiger partial charge is 0.386 e. The molecule has 0 radical (unpaired) electrons. The number of aromatic nitrogens is 4. The number of allylic oxidation sites excluding steroid dienone is 3. The van der Waals surface area contributed by atoms with Crippen molar-refractivity contribution in [3.63, 3.8) is 0 Å². The van der Waals surface area contributed by atoms with Gasteiger partial charge >= 0.3 is 23.5 Å². The fourth-order valence-corrected chi connectivity index (χ4v) is 9.57. The van der Waals surface area contributed by atoms with Crippen LogP contribution in [0.4, 0.5) is 5.82 Å². The molecular weight excluding hydrogens is 939 g/mol. The van der Waals surface area contributed by atoms with Crippen molar-refractivity contribution >= 4 is 69.1 Å². The second kappa shape index (κ2) is 27.1. The number of nitrogens with one attached hydrogen (secondary N) is 2. The lowest BCUT2D eigenvalue weighted by molar-refractivity contribution is -0.137. The van der Waals surface area contributed by atoms with Crippen LogP contribution in [0.2, 0.25) is 0 Å². The number of aliphatic hydroxyl groups excluding tert-OH is 2. The van der Waals surface area contributed by atoms with Crippen molar-refractivity contribution in [1.29, 1.82) is 0 Å². The number of phosphoric ester groups is 3. The summed E-state index contributed by atoms with van der Waals surface area (Å²) in [6.07, 6.45) is 12.3. The third kappa shape index (κ3) is 20.4. The summed E-state index contributed by atoms with van der Waals surface area (Å²) in [6, 6.07) is 0. The molecule has 1 fully saturated rings. The molecular formula is C37H62N7O17P3S. The number of thioether (sulfide) groups is 1. The third-order valence-electron chi connectivity index (χ3n) is 9.63. The molecule has 2 aromatic heterocycles. The molecule has 0 aliphatic carbocycles. The number of ether oxygens (including phenoxy) is 1. The number of nitrogen functional groups attached to an aromatic ring is 1. The van der Waals surface area contributed by atoms with Crippen molar-refractivity contribution in [3.8, 4) is 0 Å². The molecule has 2 amide bonds. The van der Waals surface area contributed by atoms with Gasteiger partial charge in [0.25, 0.3) is 0 Å². The topological polar surface area (TPSA) is 364 Å². The predicted octanol–water partition coefficient (Wildman–Crippen LogP) is 3.70. The Balaban J connectivity index is 1.35. The zero-order chi connectivity index (χ0) is 48.3. The molecule has 0 aromatic carbocycles. The minimum absolute atomic E-state index is 0.0312. The van der Waals surface area contributed by atoms with Gasteiger partial charge in [0, 0.05) is 30.7 Å². The van der Waals surface area contributed by atoms with Crippen molar-refractivity contribution in [1.82, 2.24) is 30.2 Å². The first-order valence-corrected chi connectivity index (χ1v) is 26.4. The third-order valence-corrected chi connectivity index (χ3v) is 13.6. The van der Waals surface area contributed by atoms with Gasteiger partial charge in [-0.05, 0) is 38.2 Å². The number of fused-ring (bicyclic) bond motifs is 1. The van der Waals surface area contributed by atoms with Crippen LogP contribution < -0.4 is 16.4 Å². The van der Waals surface area contributed by atoms with Gasteiger partial charge in [-0.15, -0.1) is 0 Å². The van der Waals surface area contributed by atoms with E-state index in [0.717, 1.165) is 54.7 Å². The van der Waals surface area contributed by atoms with Crippen molar-refractivity contribution in [2.75, 3.05) is 37.8 Å². The van der Waals surface area contributed by atoms with E-state index in [1.54, 1.807) is 0 Å². The van der Waals surface area contributed by atoms with Crippen LogP contribution >= 0.6 is 35.2 Å². The molecule has 2 unspecified atom stereocenters. The van der Waals surface area contributed by atoms with Gasteiger partial charge in [-0.1, -0.05) is 82.9 Å². The molecule has 10 N–H and O–H groups in total. The van der Waals surface area contributed by atoms with Gasteiger partial charge in [-0.25, -0.2) is 28.6 Å². The van der Waals surface area contributed by atoms with Gasteiger partial charge in [0.05, 0.1) is 19.5 Å². The zero-order valence-electron chi connectivity index (χ0n) is 36.5. The van der Waals surface area contributed by atoms with E-state index >= 15 is 0 Å². The molecule has 3 heterocycles. The number of imidazole rings is 1. The molecule has 2 aromatic rings. The highest BCUT2D eigenvalue weighted by atomic mass is 32.2. The van der Waals surface area contributed by atoms with Gasteiger partial charge in [-0.2, -0.15) is 4.31 Å². The van der Waals surface area contributed by atoms with E-state index in [2.05, 4.69) is 53.5 Å². The van der Waals surface area contributed by atoms with Crippen LogP contribution in [0.5, 0.6) is 0 Å². The average Bonchev–Trinajstić information content (AvgIpc) is 3.79. The Hall–Kier alpha value is -2.96. The maximum absolute atomic E-state index is 12.7. The van der Waals surface area contributed by atoms with Gasteiger partial charge in [0.2, 0.25) is 16.9 Å². The number of phosphoric acid groups is 3. The number of nitrogens with two attached hydrogens (primary N) is 1. The second-order valence-electron chi connectivity index (χ2n) is 15.6. The summed E-state index contributed by atoms with van der Waals surface area (Å²) in [5.41, 5.74) is 4.27. The van der Waals surface area contributed by atoms with Crippen LogP contribution in [0.25, 0.3) is 11.2 Å². The molecule has 3 rings (SSSR count). The number of carbonyl (C=O) groups excluding carboxylic acids is 3. The summed E-state index contributed by atoms with van der Waals surface area (Å²) in [5.74, 6) is -1.12. The highest BCUT2D eigenvalue weighted by Crippen LogP contribution is 2.61. The maximum atomic E-state index is 12.7. The Morgan fingerprint density at radius 3 is 2.31 bits per heavy atom. The quantitative estimate of drug-likeness (QED) is 0.0225. The number of carbonyl (C=O) groups is 3. The van der Waals surface area contributed by atoms with Crippen LogP contribution in [0.15, 0.2) is 37.0 Å². The van der Waals surface area contributed by atoms with Crippen LogP contribution in [0.3, 0.4) is 0 Å². The van der Waals surface area contributed by atoms with E-state index in [9.17, 15) is 57.9 Å². The minimum atomic E-state index is -5.58. The summed E-state index contributed by atoms with van der Waals surface area (Å²) < 4.78 is 62.4. The van der Waals surface area contributed by atoms with Crippen molar-refractivity contribution in [2.45, 2.75) is 122 Å². The van der Waals surface area contributed by atoms with Crippen LogP contribution in [-0.4, -0.2) is 123 Å². The summed E-state index contributed by atoms with van der Waals surface area (Å²) in [4.78, 5) is 88.1. The minimum Gasteiger partial charge on any atom is -0.386 e. The fourth-order valence-electron chi connectivity index (χ4n) is 6.14. The zero-order valence-corrected chi connectivity index (χ0v) is 40.0. The monoisotopic (exact) mass is 1000 g/mol. The van der Waals surface area contributed by atoms with Crippen molar-refractivity contribution in [3.05, 3.63) is 37.0 Å². The molecule has 0 bridgehead atoms. The lowest BCUT2D eigenvalue weighted by Gasteiger charge is -2.30. The summed E-state index contributed by atoms with van der Waals surface area (Å²) >= 11 is 1.05. The Kier molecular flexibility index (Phi) is 23.5. The molecule has 65 heavy (non-hydrogen) atoms. The second-order valence-corrected chi connectivity index (χ2v) is 20.9. The summed E-state index contributed by atoms with van der Waals surface area (Å²) in [7, 11) is -16.4. The molecule has 1 aliphatic heterocycles. The SMILES string of the molecule is CCCCCCCC/C=C\CCC/C=C/C(=O)SCCNC(=O)CCNC(=O)[C@H](O)C(C)(C)COP(=O)(O)OP(=O)(O)OC[C@H]1O[C@@H](n2cnc3c(N)ncnc32)[C@H](O)[C@@H]1OP(=O)(O)O. The van der Waals surface area contributed by atoms with E-state index in [-0.39, 0.29) is 41.6 Å². The number of nitrogens with zero attached hydrogens (tertiary/aromatic N) is 4. The van der Waals surface area contributed by atoms with E-state index in [4.69, 9.17) is 19.5 Å². The predicted molar refractivity (Wildman–Crippen MR) is 237 cm³/mol. The normalized spacial score (nSPS) is 20.6. The summed E-state index contributed by atoms with van der Waals surface area (Å²) in [5, 5.41) is 26.4. The maximum Gasteiger partial charge on any atom is 0.481 e.